The Morgan fingerprint density at radius 2 is 2.21 bits per heavy atom. The Bertz CT molecular complexity index is 352. The van der Waals surface area contributed by atoms with E-state index in [4.69, 9.17) is 11.0 Å². The van der Waals surface area contributed by atoms with Crippen molar-refractivity contribution >= 4 is 11.4 Å². The van der Waals surface area contributed by atoms with E-state index in [0.29, 0.717) is 11.3 Å². The molecule has 0 aromatic heterocycles. The number of anilines is 2. The molecule has 0 aliphatic heterocycles. The second kappa shape index (κ2) is 4.52. The molecule has 0 saturated carbocycles. The summed E-state index contributed by atoms with van der Waals surface area (Å²) in [6.45, 7) is 3.12. The van der Waals surface area contributed by atoms with Gasteiger partial charge in [-0.05, 0) is 24.6 Å². The van der Waals surface area contributed by atoms with Crippen LogP contribution in [0, 0.1) is 11.3 Å². The number of nitrogen functional groups attached to an aromatic ring is 1. The van der Waals surface area contributed by atoms with Gasteiger partial charge in [-0.1, -0.05) is 6.92 Å². The number of nitrogens with zero attached hydrogens (tertiary/aromatic N) is 2. The number of rotatable bonds is 3. The Morgan fingerprint density at radius 3 is 2.71 bits per heavy atom. The van der Waals surface area contributed by atoms with Gasteiger partial charge in [0, 0.05) is 19.3 Å². The maximum atomic E-state index is 8.71. The minimum atomic E-state index is 0.540. The predicted octanol–water partition coefficient (Wildman–Crippen LogP) is 1.99. The van der Waals surface area contributed by atoms with Gasteiger partial charge in [-0.2, -0.15) is 5.26 Å². The second-order valence-electron chi connectivity index (χ2n) is 3.30. The van der Waals surface area contributed by atoms with E-state index in [-0.39, 0.29) is 0 Å². The first-order valence-electron chi connectivity index (χ1n) is 4.69. The summed E-state index contributed by atoms with van der Waals surface area (Å²) in [6.07, 6.45) is 1.09. The molecule has 3 nitrogen and oxygen atoms in total. The Morgan fingerprint density at radius 1 is 1.50 bits per heavy atom. The van der Waals surface area contributed by atoms with E-state index in [1.807, 2.05) is 25.2 Å². The molecule has 3 heteroatoms. The third kappa shape index (κ3) is 2.17. The summed E-state index contributed by atoms with van der Waals surface area (Å²) < 4.78 is 0. The lowest BCUT2D eigenvalue weighted by Gasteiger charge is -2.18. The Labute approximate surface area is 84.7 Å². The van der Waals surface area contributed by atoms with Crippen molar-refractivity contribution in [3.63, 3.8) is 0 Å². The van der Waals surface area contributed by atoms with E-state index in [1.165, 1.54) is 0 Å². The van der Waals surface area contributed by atoms with E-state index in [1.54, 1.807) is 6.07 Å². The van der Waals surface area contributed by atoms with Gasteiger partial charge in [0.15, 0.2) is 0 Å². The molecule has 1 aromatic carbocycles. The highest BCUT2D eigenvalue weighted by atomic mass is 15.1. The van der Waals surface area contributed by atoms with E-state index in [0.717, 1.165) is 18.7 Å². The lowest BCUT2D eigenvalue weighted by atomic mass is 10.1. The molecule has 14 heavy (non-hydrogen) atoms. The maximum absolute atomic E-state index is 8.71. The molecule has 1 aromatic rings. The van der Waals surface area contributed by atoms with Crippen LogP contribution in [0.5, 0.6) is 0 Å². The average Bonchev–Trinajstić information content (AvgIpc) is 2.18. The van der Waals surface area contributed by atoms with Crippen LogP contribution in [-0.4, -0.2) is 13.6 Å². The fourth-order valence-corrected chi connectivity index (χ4v) is 1.35. The molecule has 0 atom stereocenters. The van der Waals surface area contributed by atoms with Crippen molar-refractivity contribution in [1.29, 1.82) is 5.26 Å². The second-order valence-corrected chi connectivity index (χ2v) is 3.30. The first-order chi connectivity index (χ1) is 6.69. The van der Waals surface area contributed by atoms with Crippen molar-refractivity contribution in [3.8, 4) is 6.07 Å². The molecular weight excluding hydrogens is 174 g/mol. The summed E-state index contributed by atoms with van der Waals surface area (Å²) >= 11 is 0. The Kier molecular flexibility index (Phi) is 3.35. The van der Waals surface area contributed by atoms with E-state index < -0.39 is 0 Å². The summed E-state index contributed by atoms with van der Waals surface area (Å²) in [5.41, 5.74) is 7.86. The molecule has 2 N–H and O–H groups in total. The van der Waals surface area contributed by atoms with Gasteiger partial charge in [0.05, 0.1) is 11.3 Å². The van der Waals surface area contributed by atoms with Crippen LogP contribution in [0.1, 0.15) is 18.9 Å². The number of hydrogen-bond donors (Lipinski definition) is 1. The third-order valence-electron chi connectivity index (χ3n) is 2.16. The molecule has 0 heterocycles. The van der Waals surface area contributed by atoms with Crippen molar-refractivity contribution in [2.75, 3.05) is 24.2 Å². The lowest BCUT2D eigenvalue weighted by molar-refractivity contribution is 0.852. The standard InChI is InChI=1S/C11H15N3/c1-3-6-14(2)10-5-4-9(8-12)11(13)7-10/h4-5,7H,3,6,13H2,1-2H3. The van der Waals surface area contributed by atoms with Gasteiger partial charge in [0.25, 0.3) is 0 Å². The molecule has 1 rings (SSSR count). The van der Waals surface area contributed by atoms with Crippen molar-refractivity contribution in [3.05, 3.63) is 23.8 Å². The summed E-state index contributed by atoms with van der Waals surface area (Å²) in [5, 5.41) is 8.71. The molecule has 0 unspecified atom stereocenters. The van der Waals surface area contributed by atoms with Crippen LogP contribution in [0.3, 0.4) is 0 Å². The molecular formula is C11H15N3. The van der Waals surface area contributed by atoms with Crippen LogP contribution in [0.25, 0.3) is 0 Å². The van der Waals surface area contributed by atoms with E-state index >= 15 is 0 Å². The highest BCUT2D eigenvalue weighted by Gasteiger charge is 2.02. The molecule has 74 valence electrons. The van der Waals surface area contributed by atoms with Crippen molar-refractivity contribution in [1.82, 2.24) is 0 Å². The first-order valence-corrected chi connectivity index (χ1v) is 4.69. The fraction of sp³-hybridized carbons (Fsp3) is 0.364. The van der Waals surface area contributed by atoms with E-state index in [9.17, 15) is 0 Å². The van der Waals surface area contributed by atoms with E-state index in [2.05, 4.69) is 11.8 Å². The van der Waals surface area contributed by atoms with Gasteiger partial charge in [-0.3, -0.25) is 0 Å². The topological polar surface area (TPSA) is 53.0 Å². The van der Waals surface area contributed by atoms with Crippen LogP contribution >= 0.6 is 0 Å². The van der Waals surface area contributed by atoms with Crippen LogP contribution in [0.15, 0.2) is 18.2 Å². The number of nitriles is 1. The molecule has 0 amide bonds. The summed E-state index contributed by atoms with van der Waals surface area (Å²) in [4.78, 5) is 2.12. The monoisotopic (exact) mass is 189 g/mol. The SMILES string of the molecule is CCCN(C)c1ccc(C#N)c(N)c1. The zero-order valence-electron chi connectivity index (χ0n) is 8.62. The molecule has 0 radical (unpaired) electrons. The van der Waals surface area contributed by atoms with Gasteiger partial charge in [0.1, 0.15) is 6.07 Å². The number of nitrogens with two attached hydrogens (primary N) is 1. The van der Waals surface area contributed by atoms with Crippen molar-refractivity contribution in [2.24, 2.45) is 0 Å². The van der Waals surface area contributed by atoms with Crippen LogP contribution < -0.4 is 10.6 Å². The Hall–Kier alpha value is -1.69. The van der Waals surface area contributed by atoms with Gasteiger partial charge in [0.2, 0.25) is 0 Å². The van der Waals surface area contributed by atoms with Crippen molar-refractivity contribution < 1.29 is 0 Å². The number of benzene rings is 1. The highest BCUT2D eigenvalue weighted by Crippen LogP contribution is 2.19. The van der Waals surface area contributed by atoms with Crippen molar-refractivity contribution in [2.45, 2.75) is 13.3 Å². The third-order valence-corrected chi connectivity index (χ3v) is 2.16. The minimum Gasteiger partial charge on any atom is -0.398 e. The predicted molar refractivity (Wildman–Crippen MR) is 59.1 cm³/mol. The molecule has 0 aliphatic carbocycles. The quantitative estimate of drug-likeness (QED) is 0.740. The highest BCUT2D eigenvalue weighted by molar-refractivity contribution is 5.63. The van der Waals surface area contributed by atoms with Gasteiger partial charge < -0.3 is 10.6 Å². The molecule has 0 spiro atoms. The minimum absolute atomic E-state index is 0.540. The molecule has 0 fully saturated rings. The summed E-state index contributed by atoms with van der Waals surface area (Å²) in [6, 6.07) is 7.57. The normalized spacial score (nSPS) is 9.50. The molecule has 0 saturated heterocycles. The van der Waals surface area contributed by atoms with Crippen LogP contribution in [0.4, 0.5) is 11.4 Å². The maximum Gasteiger partial charge on any atom is 0.101 e. The van der Waals surface area contributed by atoms with Crippen LogP contribution in [0.2, 0.25) is 0 Å². The zero-order chi connectivity index (χ0) is 10.6. The average molecular weight is 189 g/mol. The number of hydrogen-bond acceptors (Lipinski definition) is 3. The first kappa shape index (κ1) is 10.4. The largest absolute Gasteiger partial charge is 0.398 e. The van der Waals surface area contributed by atoms with Gasteiger partial charge in [-0.15, -0.1) is 0 Å². The summed E-state index contributed by atoms with van der Waals surface area (Å²) in [5.74, 6) is 0. The summed E-state index contributed by atoms with van der Waals surface area (Å²) in [7, 11) is 2.02. The lowest BCUT2D eigenvalue weighted by Crippen LogP contribution is -2.17. The zero-order valence-corrected chi connectivity index (χ0v) is 8.62. The molecule has 0 bridgehead atoms. The van der Waals surface area contributed by atoms with Crippen LogP contribution in [-0.2, 0) is 0 Å². The smallest absolute Gasteiger partial charge is 0.101 e. The van der Waals surface area contributed by atoms with Gasteiger partial charge in [-0.25, -0.2) is 0 Å². The van der Waals surface area contributed by atoms with Gasteiger partial charge >= 0.3 is 0 Å². The Balaban J connectivity index is 2.92. The molecule has 0 aliphatic rings. The fourth-order valence-electron chi connectivity index (χ4n) is 1.35.